The van der Waals surface area contributed by atoms with E-state index in [2.05, 4.69) is 22.2 Å². The molecular weight excluding hydrogens is 472 g/mol. The van der Waals surface area contributed by atoms with Crippen LogP contribution in [0, 0.1) is 11.3 Å². The number of hydrogen-bond acceptors (Lipinski definition) is 10. The number of nitrogens with zero attached hydrogens (tertiary/aromatic N) is 1. The average Bonchev–Trinajstić information content (AvgIpc) is 3.43. The van der Waals surface area contributed by atoms with Crippen LogP contribution in [0.4, 0.5) is 4.79 Å². The van der Waals surface area contributed by atoms with Crippen LogP contribution in [0.2, 0.25) is 0 Å². The predicted octanol–water partition coefficient (Wildman–Crippen LogP) is 3.10. The molecule has 1 fully saturated rings. The molecule has 32 heavy (non-hydrogen) atoms. The Morgan fingerprint density at radius 2 is 1.97 bits per heavy atom. The lowest BCUT2D eigenvalue weighted by molar-refractivity contribution is -0.128. The Morgan fingerprint density at radius 1 is 1.25 bits per heavy atom. The highest BCUT2D eigenvalue weighted by Gasteiger charge is 2.40. The van der Waals surface area contributed by atoms with E-state index in [1.54, 1.807) is 32.5 Å². The molecule has 9 nitrogen and oxygen atoms in total. The second kappa shape index (κ2) is 14.2. The quantitative estimate of drug-likeness (QED) is 0.148. The molecule has 2 amide bonds. The maximum absolute atomic E-state index is 11.7. The third kappa shape index (κ3) is 13.4. The molecule has 0 aromatic heterocycles. The second-order valence-electron chi connectivity index (χ2n) is 8.31. The van der Waals surface area contributed by atoms with E-state index in [4.69, 9.17) is 26.5 Å². The lowest BCUT2D eigenvalue weighted by Crippen LogP contribution is -2.36. The van der Waals surface area contributed by atoms with Gasteiger partial charge in [-0.05, 0) is 59.3 Å². The summed E-state index contributed by atoms with van der Waals surface area (Å²) in [6.45, 7) is 10.0. The number of carbonyl (C=O) groups excluding carboxylic acids is 2. The van der Waals surface area contributed by atoms with Crippen molar-refractivity contribution in [1.29, 1.82) is 5.26 Å². The summed E-state index contributed by atoms with van der Waals surface area (Å²) in [5.74, 6) is 0.565. The summed E-state index contributed by atoms with van der Waals surface area (Å²) < 4.78 is 10.9. The van der Waals surface area contributed by atoms with Crippen molar-refractivity contribution in [2.75, 3.05) is 25.4 Å². The molecule has 0 saturated carbocycles. The van der Waals surface area contributed by atoms with Crippen LogP contribution in [0.5, 0.6) is 0 Å². The molecule has 0 bridgehead atoms. The van der Waals surface area contributed by atoms with Gasteiger partial charge in [0.05, 0.1) is 12.2 Å². The van der Waals surface area contributed by atoms with Gasteiger partial charge in [0.25, 0.3) is 0 Å². The smallest absolute Gasteiger partial charge is 0.431 e. The van der Waals surface area contributed by atoms with Gasteiger partial charge in [-0.25, -0.2) is 4.79 Å². The first kappa shape index (κ1) is 28.9. The number of amides is 2. The molecule has 1 aliphatic rings. The summed E-state index contributed by atoms with van der Waals surface area (Å²) >= 11 is 8.35. The predicted molar refractivity (Wildman–Crippen MR) is 131 cm³/mol. The minimum Gasteiger partial charge on any atom is -0.442 e. The molecule has 12 heteroatoms. The Bertz CT molecular complexity index is 683. The normalized spacial score (nSPS) is 19.4. The minimum absolute atomic E-state index is 0.0167. The van der Waals surface area contributed by atoms with Gasteiger partial charge in [-0.1, -0.05) is 30.9 Å². The number of carbonyl (C=O) groups is 2. The second-order valence-corrected chi connectivity index (χ2v) is 12.3. The standard InChI is InChI=1S/C20H34N4O5S3/c1-6-31-18(30)32-20(5,13-21)9-8-14-16(28-14)23-11-7-10-22-15(25)12-27-24-17(26)29-19(2,3)4/h14,16,23H,6-12H2,1-5H3,(H,22,25)(H,24,26). The van der Waals surface area contributed by atoms with Crippen molar-refractivity contribution in [2.45, 2.75) is 76.6 Å². The summed E-state index contributed by atoms with van der Waals surface area (Å²) in [5.41, 5.74) is 1.43. The zero-order valence-corrected chi connectivity index (χ0v) is 21.8. The van der Waals surface area contributed by atoms with Crippen molar-refractivity contribution < 1.29 is 23.9 Å². The van der Waals surface area contributed by atoms with Gasteiger partial charge in [-0.15, -0.1) is 11.8 Å². The van der Waals surface area contributed by atoms with Crippen LogP contribution in [-0.2, 0) is 19.1 Å². The van der Waals surface area contributed by atoms with Gasteiger partial charge in [-0.2, -0.15) is 10.7 Å². The van der Waals surface area contributed by atoms with Crippen molar-refractivity contribution in [1.82, 2.24) is 16.1 Å². The molecule has 1 saturated heterocycles. The Labute approximate surface area is 204 Å². The lowest BCUT2D eigenvalue weighted by atomic mass is 10.0. The highest BCUT2D eigenvalue weighted by Crippen LogP contribution is 2.37. The first-order valence-corrected chi connectivity index (χ1v) is 12.7. The number of thioether (sulfide) groups is 2. The van der Waals surface area contributed by atoms with E-state index in [-0.39, 0.29) is 24.8 Å². The van der Waals surface area contributed by atoms with Crippen LogP contribution in [0.15, 0.2) is 0 Å². The maximum Gasteiger partial charge on any atom is 0.431 e. The molecule has 1 heterocycles. The van der Waals surface area contributed by atoms with Gasteiger partial charge >= 0.3 is 6.09 Å². The van der Waals surface area contributed by atoms with Gasteiger partial charge in [0, 0.05) is 6.54 Å². The third-order valence-corrected chi connectivity index (χ3v) is 6.72. The number of nitrogens with one attached hydrogen (secondary N) is 3. The molecule has 182 valence electrons. The number of hydroxylamine groups is 1. The topological polar surface area (TPSA) is 125 Å². The number of nitriles is 1. The molecule has 0 spiro atoms. The van der Waals surface area contributed by atoms with E-state index >= 15 is 0 Å². The summed E-state index contributed by atoms with van der Waals surface area (Å²) in [5, 5.41) is 15.5. The Morgan fingerprint density at radius 3 is 2.59 bits per heavy atom. The van der Waals surface area contributed by atoms with E-state index in [9.17, 15) is 14.9 Å². The summed E-state index contributed by atoms with van der Waals surface area (Å²) in [4.78, 5) is 27.9. The molecule has 0 aromatic rings. The first-order chi connectivity index (χ1) is 15.0. The van der Waals surface area contributed by atoms with Gasteiger partial charge < -0.3 is 14.8 Å². The van der Waals surface area contributed by atoms with Crippen LogP contribution < -0.4 is 16.1 Å². The Hall–Kier alpha value is -1.10. The molecule has 3 N–H and O–H groups in total. The number of hydrogen-bond donors (Lipinski definition) is 3. The molecule has 3 unspecified atom stereocenters. The fourth-order valence-corrected chi connectivity index (χ4v) is 5.41. The third-order valence-electron chi connectivity index (χ3n) is 4.07. The Balaban J connectivity index is 2.07. The summed E-state index contributed by atoms with van der Waals surface area (Å²) in [6.07, 6.45) is 1.53. The van der Waals surface area contributed by atoms with Crippen molar-refractivity contribution in [2.24, 2.45) is 0 Å². The van der Waals surface area contributed by atoms with E-state index in [0.29, 0.717) is 25.9 Å². The minimum atomic E-state index is -0.746. The largest absolute Gasteiger partial charge is 0.442 e. The SMILES string of the molecule is CCSC(=S)SC(C)(C#N)CCC1OC1NCCCNC(=O)CONC(=O)OC(C)(C)C. The molecular formula is C20H34N4O5S3. The average molecular weight is 507 g/mol. The monoisotopic (exact) mass is 506 g/mol. The summed E-state index contributed by atoms with van der Waals surface area (Å²) in [7, 11) is 0. The van der Waals surface area contributed by atoms with E-state index < -0.39 is 16.4 Å². The number of ether oxygens (including phenoxy) is 2. The van der Waals surface area contributed by atoms with Gasteiger partial charge in [0.1, 0.15) is 20.1 Å². The molecule has 3 atom stereocenters. The highest BCUT2D eigenvalue weighted by atomic mass is 32.2. The fraction of sp³-hybridized carbons (Fsp3) is 0.800. The van der Waals surface area contributed by atoms with Crippen LogP contribution in [-0.4, -0.2) is 63.7 Å². The molecule has 1 aliphatic heterocycles. The van der Waals surface area contributed by atoms with E-state index in [1.165, 1.54) is 11.8 Å². The van der Waals surface area contributed by atoms with Crippen LogP contribution >= 0.6 is 35.7 Å². The van der Waals surface area contributed by atoms with Crippen LogP contribution in [0.3, 0.4) is 0 Å². The molecule has 0 aromatic carbocycles. The van der Waals surface area contributed by atoms with Gasteiger partial charge in [0.15, 0.2) is 6.61 Å². The number of thiocarbonyl (C=S) groups is 1. The van der Waals surface area contributed by atoms with Crippen molar-refractivity contribution in [3.05, 3.63) is 0 Å². The van der Waals surface area contributed by atoms with E-state index in [1.807, 2.05) is 13.8 Å². The highest BCUT2D eigenvalue weighted by molar-refractivity contribution is 8.47. The number of rotatable bonds is 13. The maximum atomic E-state index is 11.7. The lowest BCUT2D eigenvalue weighted by Gasteiger charge is -2.20. The molecule has 0 radical (unpaired) electrons. The van der Waals surface area contributed by atoms with Crippen LogP contribution in [0.1, 0.15) is 53.9 Å². The van der Waals surface area contributed by atoms with Gasteiger partial charge in [-0.3, -0.25) is 14.9 Å². The van der Waals surface area contributed by atoms with Gasteiger partial charge in [0.2, 0.25) is 5.91 Å². The fourth-order valence-electron chi connectivity index (χ4n) is 2.49. The zero-order valence-electron chi connectivity index (χ0n) is 19.3. The first-order valence-electron chi connectivity index (χ1n) is 10.5. The summed E-state index contributed by atoms with van der Waals surface area (Å²) in [6, 6.07) is 2.37. The number of epoxide rings is 1. The van der Waals surface area contributed by atoms with Crippen molar-refractivity contribution in [3.8, 4) is 6.07 Å². The molecule has 1 rings (SSSR count). The van der Waals surface area contributed by atoms with E-state index in [0.717, 1.165) is 15.7 Å². The zero-order chi connectivity index (χ0) is 24.2. The van der Waals surface area contributed by atoms with Crippen molar-refractivity contribution in [3.63, 3.8) is 0 Å². The van der Waals surface area contributed by atoms with Crippen LogP contribution in [0.25, 0.3) is 0 Å². The van der Waals surface area contributed by atoms with Crippen molar-refractivity contribution >= 4 is 51.3 Å². The Kier molecular flexibility index (Phi) is 12.9. The molecule has 0 aliphatic carbocycles.